The van der Waals surface area contributed by atoms with Crippen molar-refractivity contribution in [3.63, 3.8) is 0 Å². The third-order valence-corrected chi connectivity index (χ3v) is 2.79. The summed E-state index contributed by atoms with van der Waals surface area (Å²) in [6, 6.07) is 9.24. The van der Waals surface area contributed by atoms with Gasteiger partial charge in [-0.15, -0.1) is 0 Å². The van der Waals surface area contributed by atoms with Crippen LogP contribution in [0.2, 0.25) is 0 Å². The summed E-state index contributed by atoms with van der Waals surface area (Å²) < 4.78 is 7.06. The van der Waals surface area contributed by atoms with Crippen LogP contribution in [0.1, 0.15) is 10.4 Å². The Labute approximate surface area is 117 Å². The number of likely N-dealkylation sites (N-methyl/N-ethyl adjacent to an activating group) is 1. The number of aromatic carboxylic acids is 1. The van der Waals surface area contributed by atoms with E-state index in [2.05, 4.69) is 5.10 Å². The molecule has 0 spiro atoms. The Bertz CT molecular complexity index is 579. The number of carboxylic acid groups (broad SMARTS) is 1. The first-order valence-electron chi connectivity index (χ1n) is 6.36. The summed E-state index contributed by atoms with van der Waals surface area (Å²) in [5, 5.41) is 15.2. The van der Waals surface area contributed by atoms with Crippen molar-refractivity contribution in [3.05, 3.63) is 42.1 Å². The Kier molecular flexibility index (Phi) is 4.37. The Hall–Kier alpha value is -2.34. The maximum absolute atomic E-state index is 11.1. The first kappa shape index (κ1) is 14.1. The number of carbonyl (C=O) groups excluding carboxylic acids is 1. The molecule has 2 rings (SSSR count). The predicted molar refractivity (Wildman–Crippen MR) is 71.1 cm³/mol. The van der Waals surface area contributed by atoms with E-state index in [1.807, 2.05) is 44.4 Å². The van der Waals surface area contributed by atoms with Gasteiger partial charge in [0, 0.05) is 0 Å². The molecule has 1 heterocycles. The van der Waals surface area contributed by atoms with Gasteiger partial charge in [0.1, 0.15) is 13.2 Å². The van der Waals surface area contributed by atoms with Crippen molar-refractivity contribution >= 4 is 5.97 Å². The molecule has 0 amide bonds. The number of hydrogen-bond donors (Lipinski definition) is 1. The zero-order valence-corrected chi connectivity index (χ0v) is 11.5. The number of nitrogens with zero attached hydrogens (tertiary/aromatic N) is 2. The molecule has 20 heavy (non-hydrogen) atoms. The second-order valence-electron chi connectivity index (χ2n) is 4.70. The maximum atomic E-state index is 11.1. The highest BCUT2D eigenvalue weighted by Gasteiger charge is 2.15. The summed E-state index contributed by atoms with van der Waals surface area (Å²) in [7, 11) is 4.00. The van der Waals surface area contributed by atoms with Crippen LogP contribution in [-0.4, -0.2) is 43.0 Å². The molecule has 6 nitrogen and oxygen atoms in total. The third kappa shape index (κ3) is 3.16. The van der Waals surface area contributed by atoms with Crippen LogP contribution in [-0.2, 0) is 0 Å². The van der Waals surface area contributed by atoms with Gasteiger partial charge in [0.25, 0.3) is 0 Å². The van der Waals surface area contributed by atoms with Gasteiger partial charge >= 0.3 is 0 Å². The Morgan fingerprint density at radius 2 is 2.05 bits per heavy atom. The van der Waals surface area contributed by atoms with Gasteiger partial charge in [0.15, 0.2) is 0 Å². The SMILES string of the molecule is C[NH+](C)CCOc1c(C(=O)[O-])cnn1-c1ccccc1. The van der Waals surface area contributed by atoms with Crippen molar-refractivity contribution in [2.75, 3.05) is 27.2 Å². The number of quaternary nitrogens is 1. The van der Waals surface area contributed by atoms with Crippen LogP contribution in [0, 0.1) is 0 Å². The largest absolute Gasteiger partial charge is 0.545 e. The number of carboxylic acids is 1. The van der Waals surface area contributed by atoms with Crippen molar-refractivity contribution in [3.8, 4) is 11.6 Å². The zero-order valence-electron chi connectivity index (χ0n) is 11.5. The fourth-order valence-electron chi connectivity index (χ4n) is 1.72. The monoisotopic (exact) mass is 275 g/mol. The number of carbonyl (C=O) groups is 1. The maximum Gasteiger partial charge on any atom is 0.226 e. The number of benzene rings is 1. The second-order valence-corrected chi connectivity index (χ2v) is 4.70. The third-order valence-electron chi connectivity index (χ3n) is 2.79. The van der Waals surface area contributed by atoms with Crippen LogP contribution in [0.15, 0.2) is 36.5 Å². The molecule has 0 bridgehead atoms. The molecule has 0 saturated carbocycles. The normalized spacial score (nSPS) is 10.8. The lowest BCUT2D eigenvalue weighted by molar-refractivity contribution is -0.858. The smallest absolute Gasteiger partial charge is 0.226 e. The average molecular weight is 275 g/mol. The Morgan fingerprint density at radius 1 is 1.35 bits per heavy atom. The minimum absolute atomic E-state index is 0.0393. The van der Waals surface area contributed by atoms with E-state index in [4.69, 9.17) is 4.74 Å². The van der Waals surface area contributed by atoms with E-state index >= 15 is 0 Å². The fourth-order valence-corrected chi connectivity index (χ4v) is 1.72. The number of rotatable bonds is 6. The molecule has 1 N–H and O–H groups in total. The molecular weight excluding hydrogens is 258 g/mol. The number of aromatic nitrogens is 2. The van der Waals surface area contributed by atoms with E-state index in [1.54, 1.807) is 0 Å². The molecule has 0 unspecified atom stereocenters. The predicted octanol–water partition coefficient (Wildman–Crippen LogP) is -1.24. The molecule has 0 saturated heterocycles. The van der Waals surface area contributed by atoms with Crippen LogP contribution in [0.3, 0.4) is 0 Å². The Balaban J connectivity index is 2.30. The first-order valence-corrected chi connectivity index (χ1v) is 6.36. The number of hydrogen-bond acceptors (Lipinski definition) is 4. The summed E-state index contributed by atoms with van der Waals surface area (Å²) >= 11 is 0. The van der Waals surface area contributed by atoms with Crippen LogP contribution in [0.4, 0.5) is 0 Å². The molecule has 0 atom stereocenters. The van der Waals surface area contributed by atoms with Crippen molar-refractivity contribution < 1.29 is 19.5 Å². The van der Waals surface area contributed by atoms with Crippen molar-refractivity contribution in [1.29, 1.82) is 0 Å². The molecule has 0 radical (unpaired) electrons. The lowest BCUT2D eigenvalue weighted by Crippen LogP contribution is -3.06. The van der Waals surface area contributed by atoms with Gasteiger partial charge in [0.05, 0.1) is 37.5 Å². The van der Waals surface area contributed by atoms with Crippen molar-refractivity contribution in [2.24, 2.45) is 0 Å². The standard InChI is InChI=1S/C14H17N3O3/c1-16(2)8-9-20-13-12(14(18)19)10-15-17(13)11-6-4-3-5-7-11/h3-7,10H,8-9H2,1-2H3,(H,18,19). The van der Waals surface area contributed by atoms with Gasteiger partial charge < -0.3 is 19.5 Å². The molecule has 1 aromatic carbocycles. The summed E-state index contributed by atoms with van der Waals surface area (Å²) in [5.74, 6) is -1.09. The lowest BCUT2D eigenvalue weighted by Gasteiger charge is -2.13. The van der Waals surface area contributed by atoms with Gasteiger partial charge in [-0.05, 0) is 12.1 Å². The number of ether oxygens (including phenoxy) is 1. The van der Waals surface area contributed by atoms with E-state index in [9.17, 15) is 9.90 Å². The molecule has 106 valence electrons. The van der Waals surface area contributed by atoms with Crippen LogP contribution < -0.4 is 14.7 Å². The highest BCUT2D eigenvalue weighted by molar-refractivity contribution is 5.88. The van der Waals surface area contributed by atoms with Crippen molar-refractivity contribution in [2.45, 2.75) is 0 Å². The van der Waals surface area contributed by atoms with Crippen LogP contribution in [0.25, 0.3) is 5.69 Å². The summed E-state index contributed by atoms with van der Waals surface area (Å²) in [6.07, 6.45) is 1.25. The molecule has 2 aromatic rings. The lowest BCUT2D eigenvalue weighted by atomic mass is 10.3. The molecule has 0 aliphatic heterocycles. The molecule has 1 aromatic heterocycles. The number of nitrogens with one attached hydrogen (secondary N) is 1. The van der Waals surface area contributed by atoms with E-state index in [0.29, 0.717) is 6.61 Å². The van der Waals surface area contributed by atoms with Crippen LogP contribution >= 0.6 is 0 Å². The summed E-state index contributed by atoms with van der Waals surface area (Å²) in [5.41, 5.74) is 0.704. The van der Waals surface area contributed by atoms with Crippen molar-refractivity contribution in [1.82, 2.24) is 9.78 Å². The van der Waals surface area contributed by atoms with E-state index < -0.39 is 5.97 Å². The van der Waals surface area contributed by atoms with Gasteiger partial charge in [-0.3, -0.25) is 0 Å². The highest BCUT2D eigenvalue weighted by atomic mass is 16.5. The topological polar surface area (TPSA) is 71.6 Å². The minimum atomic E-state index is -1.29. The molecular formula is C14H17N3O3. The minimum Gasteiger partial charge on any atom is -0.545 e. The quantitative estimate of drug-likeness (QED) is 0.716. The highest BCUT2D eigenvalue weighted by Crippen LogP contribution is 2.21. The fraction of sp³-hybridized carbons (Fsp3) is 0.286. The van der Waals surface area contributed by atoms with E-state index in [1.165, 1.54) is 15.8 Å². The van der Waals surface area contributed by atoms with Crippen LogP contribution in [0.5, 0.6) is 5.88 Å². The van der Waals surface area contributed by atoms with Gasteiger partial charge in [-0.1, -0.05) is 18.2 Å². The van der Waals surface area contributed by atoms with E-state index in [0.717, 1.165) is 12.2 Å². The number of para-hydroxylation sites is 1. The zero-order chi connectivity index (χ0) is 14.5. The molecule has 6 heteroatoms. The van der Waals surface area contributed by atoms with E-state index in [-0.39, 0.29) is 11.4 Å². The second kappa shape index (κ2) is 6.21. The van der Waals surface area contributed by atoms with Gasteiger partial charge in [-0.2, -0.15) is 5.10 Å². The molecule has 0 fully saturated rings. The molecule has 0 aliphatic carbocycles. The molecule has 0 aliphatic rings. The summed E-state index contributed by atoms with van der Waals surface area (Å²) in [4.78, 5) is 12.3. The first-order chi connectivity index (χ1) is 9.59. The summed E-state index contributed by atoms with van der Waals surface area (Å²) in [6.45, 7) is 1.16. The van der Waals surface area contributed by atoms with Gasteiger partial charge in [0.2, 0.25) is 5.88 Å². The Morgan fingerprint density at radius 3 is 2.65 bits per heavy atom. The average Bonchev–Trinajstić information content (AvgIpc) is 2.83. The van der Waals surface area contributed by atoms with Gasteiger partial charge in [-0.25, -0.2) is 4.68 Å².